The first-order valence-electron chi connectivity index (χ1n) is 6.39. The molecule has 0 aliphatic carbocycles. The van der Waals surface area contributed by atoms with Gasteiger partial charge in [0.15, 0.2) is 9.84 Å². The van der Waals surface area contributed by atoms with E-state index in [1.165, 1.54) is 7.05 Å². The van der Waals surface area contributed by atoms with Gasteiger partial charge in [-0.25, -0.2) is 16.8 Å². The maximum atomic E-state index is 11.6. The van der Waals surface area contributed by atoms with Crippen LogP contribution in [0.1, 0.15) is 0 Å². The number of hydrogen-bond acceptors (Lipinski definition) is 6. The summed E-state index contributed by atoms with van der Waals surface area (Å²) in [7, 11) is -4.92. The molecule has 0 saturated carbocycles. The molecule has 2 rings (SSSR count). The molecule has 0 bridgehead atoms. The van der Waals surface area contributed by atoms with E-state index in [0.29, 0.717) is 24.5 Å². The van der Waals surface area contributed by atoms with Crippen LogP contribution in [0.5, 0.6) is 0 Å². The van der Waals surface area contributed by atoms with Crippen molar-refractivity contribution in [2.24, 2.45) is 0 Å². The molecule has 7 nitrogen and oxygen atoms in total. The van der Waals surface area contributed by atoms with Crippen LogP contribution in [0.25, 0.3) is 0 Å². The molecule has 1 fully saturated rings. The zero-order valence-electron chi connectivity index (χ0n) is 12.0. The maximum Gasteiger partial charge on any atom is 0.232 e. The highest BCUT2D eigenvalue weighted by atomic mass is 32.2. The lowest BCUT2D eigenvalue weighted by atomic mass is 10.2. The molecule has 1 saturated heterocycles. The summed E-state index contributed by atoms with van der Waals surface area (Å²) in [5.74, 6) is 0.212. The van der Waals surface area contributed by atoms with Crippen molar-refractivity contribution in [3.63, 3.8) is 0 Å². The Morgan fingerprint density at radius 3 is 2.33 bits per heavy atom. The van der Waals surface area contributed by atoms with Crippen LogP contribution < -0.4 is 14.9 Å². The van der Waals surface area contributed by atoms with E-state index in [-0.39, 0.29) is 11.5 Å². The SMILES string of the molecule is CN(c1cc(N2CCS(=O)(=O)CC2)ccc1N)S(C)(=O)=O. The minimum Gasteiger partial charge on any atom is -0.397 e. The summed E-state index contributed by atoms with van der Waals surface area (Å²) in [5.41, 5.74) is 7.36. The van der Waals surface area contributed by atoms with Gasteiger partial charge in [0.05, 0.1) is 29.1 Å². The molecule has 0 spiro atoms. The van der Waals surface area contributed by atoms with Crippen LogP contribution in [0, 0.1) is 0 Å². The minimum absolute atomic E-state index is 0.106. The monoisotopic (exact) mass is 333 g/mol. The summed E-state index contributed by atoms with van der Waals surface area (Å²) in [6.45, 7) is 0.794. The Hall–Kier alpha value is -1.48. The van der Waals surface area contributed by atoms with E-state index in [2.05, 4.69) is 0 Å². The number of benzene rings is 1. The highest BCUT2D eigenvalue weighted by Crippen LogP contribution is 2.30. The molecule has 0 amide bonds. The summed E-state index contributed by atoms with van der Waals surface area (Å²) in [5, 5.41) is 0. The van der Waals surface area contributed by atoms with Crippen LogP contribution in [0.3, 0.4) is 0 Å². The van der Waals surface area contributed by atoms with Crippen molar-refractivity contribution in [3.8, 4) is 0 Å². The fourth-order valence-corrected chi connectivity index (χ4v) is 3.87. The number of anilines is 3. The van der Waals surface area contributed by atoms with E-state index in [9.17, 15) is 16.8 Å². The second-order valence-electron chi connectivity index (χ2n) is 5.11. The number of nitrogens with zero attached hydrogens (tertiary/aromatic N) is 2. The van der Waals surface area contributed by atoms with Gasteiger partial charge < -0.3 is 10.6 Å². The molecule has 1 aromatic carbocycles. The number of sulfonamides is 1. The van der Waals surface area contributed by atoms with E-state index < -0.39 is 19.9 Å². The number of rotatable bonds is 3. The number of nitrogen functional groups attached to an aromatic ring is 1. The van der Waals surface area contributed by atoms with E-state index in [1.54, 1.807) is 18.2 Å². The van der Waals surface area contributed by atoms with Crippen molar-refractivity contribution in [2.45, 2.75) is 0 Å². The Morgan fingerprint density at radius 1 is 1.24 bits per heavy atom. The van der Waals surface area contributed by atoms with Crippen LogP contribution >= 0.6 is 0 Å². The Bertz CT molecular complexity index is 730. The molecule has 0 aromatic heterocycles. The zero-order chi connectivity index (χ0) is 15.8. The normalized spacial score (nSPS) is 18.5. The second kappa shape index (κ2) is 5.38. The standard InChI is InChI=1S/C12H19N3O4S2/c1-14(20(2,16)17)12-9-10(3-4-11(12)13)15-5-7-21(18,19)8-6-15/h3-4,9H,5-8,13H2,1-2H3. The van der Waals surface area contributed by atoms with Gasteiger partial charge in [-0.3, -0.25) is 4.31 Å². The highest BCUT2D eigenvalue weighted by Gasteiger charge is 2.23. The largest absolute Gasteiger partial charge is 0.397 e. The summed E-state index contributed by atoms with van der Waals surface area (Å²) in [6, 6.07) is 5.08. The quantitative estimate of drug-likeness (QED) is 0.775. The van der Waals surface area contributed by atoms with Crippen LogP contribution in [0.4, 0.5) is 17.1 Å². The number of hydrogen-bond donors (Lipinski definition) is 1. The molecule has 118 valence electrons. The van der Waals surface area contributed by atoms with Crippen LogP contribution in [0.2, 0.25) is 0 Å². The van der Waals surface area contributed by atoms with Gasteiger partial charge in [0.2, 0.25) is 10.0 Å². The van der Waals surface area contributed by atoms with Gasteiger partial charge in [0.1, 0.15) is 0 Å². The maximum absolute atomic E-state index is 11.6. The lowest BCUT2D eigenvalue weighted by Gasteiger charge is -2.30. The topological polar surface area (TPSA) is 101 Å². The molecular weight excluding hydrogens is 314 g/mol. The molecular formula is C12H19N3O4S2. The third-order valence-corrected chi connectivity index (χ3v) is 6.36. The van der Waals surface area contributed by atoms with Crippen molar-refractivity contribution >= 4 is 36.9 Å². The van der Waals surface area contributed by atoms with Gasteiger partial charge in [0.25, 0.3) is 0 Å². The second-order valence-corrected chi connectivity index (χ2v) is 9.43. The summed E-state index contributed by atoms with van der Waals surface area (Å²) >= 11 is 0. The first-order valence-corrected chi connectivity index (χ1v) is 10.1. The van der Waals surface area contributed by atoms with Crippen molar-refractivity contribution < 1.29 is 16.8 Å². The van der Waals surface area contributed by atoms with Gasteiger partial charge >= 0.3 is 0 Å². The third-order valence-electron chi connectivity index (χ3n) is 3.56. The Kier molecular flexibility index (Phi) is 4.07. The first kappa shape index (κ1) is 15.9. The van der Waals surface area contributed by atoms with Crippen molar-refractivity contribution in [2.75, 3.05) is 52.8 Å². The minimum atomic E-state index is -3.41. The van der Waals surface area contributed by atoms with Crippen molar-refractivity contribution in [1.29, 1.82) is 0 Å². The van der Waals surface area contributed by atoms with Gasteiger partial charge in [-0.15, -0.1) is 0 Å². The number of nitrogens with two attached hydrogens (primary N) is 1. The van der Waals surface area contributed by atoms with Gasteiger partial charge in [-0.1, -0.05) is 0 Å². The van der Waals surface area contributed by atoms with E-state index >= 15 is 0 Å². The fourth-order valence-electron chi connectivity index (χ4n) is 2.15. The number of sulfone groups is 1. The molecule has 0 unspecified atom stereocenters. The van der Waals surface area contributed by atoms with Crippen LogP contribution in [0.15, 0.2) is 18.2 Å². The van der Waals surface area contributed by atoms with Crippen LogP contribution in [-0.2, 0) is 19.9 Å². The smallest absolute Gasteiger partial charge is 0.232 e. The molecule has 2 N–H and O–H groups in total. The predicted octanol–water partition coefficient (Wildman–Crippen LogP) is -0.101. The highest BCUT2D eigenvalue weighted by molar-refractivity contribution is 7.92. The molecule has 0 atom stereocenters. The average Bonchev–Trinajstić information content (AvgIpc) is 2.38. The zero-order valence-corrected chi connectivity index (χ0v) is 13.6. The van der Waals surface area contributed by atoms with Crippen molar-refractivity contribution in [3.05, 3.63) is 18.2 Å². The predicted molar refractivity (Wildman–Crippen MR) is 85.0 cm³/mol. The van der Waals surface area contributed by atoms with Gasteiger partial charge in [0, 0.05) is 25.8 Å². The molecule has 0 radical (unpaired) electrons. The molecule has 1 aromatic rings. The van der Waals surface area contributed by atoms with E-state index in [1.807, 2.05) is 4.90 Å². The van der Waals surface area contributed by atoms with E-state index in [0.717, 1.165) is 16.2 Å². The Balaban J connectivity index is 2.32. The lowest BCUT2D eigenvalue weighted by molar-refractivity contribution is 0.586. The molecule has 1 aliphatic heterocycles. The third kappa shape index (κ3) is 3.59. The summed E-state index contributed by atoms with van der Waals surface area (Å²) < 4.78 is 47.3. The molecule has 21 heavy (non-hydrogen) atoms. The van der Waals surface area contributed by atoms with Crippen molar-refractivity contribution in [1.82, 2.24) is 0 Å². The van der Waals surface area contributed by atoms with Gasteiger partial charge in [-0.05, 0) is 18.2 Å². The van der Waals surface area contributed by atoms with Gasteiger partial charge in [-0.2, -0.15) is 0 Å². The lowest BCUT2D eigenvalue weighted by Crippen LogP contribution is -2.40. The summed E-state index contributed by atoms with van der Waals surface area (Å²) in [6.07, 6.45) is 1.10. The molecule has 9 heteroatoms. The Labute approximate surface area is 125 Å². The van der Waals surface area contributed by atoms with E-state index in [4.69, 9.17) is 5.73 Å². The summed E-state index contributed by atoms with van der Waals surface area (Å²) in [4.78, 5) is 1.92. The molecule has 1 heterocycles. The Morgan fingerprint density at radius 2 is 1.81 bits per heavy atom. The van der Waals surface area contributed by atoms with Crippen LogP contribution in [-0.4, -0.2) is 54.7 Å². The first-order chi connectivity index (χ1) is 9.60. The molecule has 1 aliphatic rings. The average molecular weight is 333 g/mol. The fraction of sp³-hybridized carbons (Fsp3) is 0.500.